The summed E-state index contributed by atoms with van der Waals surface area (Å²) in [6.45, 7) is 1.34. The van der Waals surface area contributed by atoms with Crippen LogP contribution in [0, 0.1) is 5.82 Å². The van der Waals surface area contributed by atoms with Crippen molar-refractivity contribution in [1.82, 2.24) is 0 Å². The second-order valence-corrected chi connectivity index (χ2v) is 4.45. The predicted octanol–water partition coefficient (Wildman–Crippen LogP) is 1.77. The number of hydrogen-bond donors (Lipinski definition) is 1. The minimum atomic E-state index is -4.09. The fourth-order valence-corrected chi connectivity index (χ4v) is 1.41. The Morgan fingerprint density at radius 3 is 2.15 bits per heavy atom. The molecule has 0 saturated carbocycles. The highest BCUT2D eigenvalue weighted by molar-refractivity contribution is 7.86. The standard InChI is InChI=1S/C8H9FO3S/c1-6(13(10,11)12)7-2-4-8(9)5-3-7/h2-6H,1H3,(H,10,11,12). The molecule has 3 nitrogen and oxygen atoms in total. The highest BCUT2D eigenvalue weighted by Crippen LogP contribution is 2.20. The summed E-state index contributed by atoms with van der Waals surface area (Å²) in [6.07, 6.45) is 0. The van der Waals surface area contributed by atoms with Crippen LogP contribution >= 0.6 is 0 Å². The third kappa shape index (κ3) is 2.50. The van der Waals surface area contributed by atoms with Crippen LogP contribution in [-0.4, -0.2) is 13.0 Å². The summed E-state index contributed by atoms with van der Waals surface area (Å²) in [5.74, 6) is -0.439. The molecule has 0 spiro atoms. The minimum Gasteiger partial charge on any atom is -0.285 e. The SMILES string of the molecule is CC(c1ccc(F)cc1)S(=O)(=O)O. The zero-order chi connectivity index (χ0) is 10.1. The van der Waals surface area contributed by atoms with Crippen molar-refractivity contribution in [2.45, 2.75) is 12.2 Å². The van der Waals surface area contributed by atoms with Gasteiger partial charge < -0.3 is 0 Å². The summed E-state index contributed by atoms with van der Waals surface area (Å²) >= 11 is 0. The van der Waals surface area contributed by atoms with Crippen LogP contribution in [0.4, 0.5) is 4.39 Å². The first kappa shape index (κ1) is 10.1. The van der Waals surface area contributed by atoms with Gasteiger partial charge >= 0.3 is 0 Å². The first-order valence-corrected chi connectivity index (χ1v) is 5.13. The molecule has 1 N–H and O–H groups in total. The van der Waals surface area contributed by atoms with Crippen LogP contribution < -0.4 is 0 Å². The molecule has 13 heavy (non-hydrogen) atoms. The zero-order valence-electron chi connectivity index (χ0n) is 6.94. The topological polar surface area (TPSA) is 54.4 Å². The summed E-state index contributed by atoms with van der Waals surface area (Å²) in [5.41, 5.74) is 0.365. The molecule has 0 aliphatic heterocycles. The second-order valence-electron chi connectivity index (χ2n) is 2.71. The lowest BCUT2D eigenvalue weighted by atomic mass is 10.2. The van der Waals surface area contributed by atoms with Gasteiger partial charge in [-0.1, -0.05) is 12.1 Å². The molecule has 1 aromatic carbocycles. The summed E-state index contributed by atoms with van der Waals surface area (Å²) < 4.78 is 42.5. The average Bonchev–Trinajstić information content (AvgIpc) is 2.03. The van der Waals surface area contributed by atoms with Gasteiger partial charge in [0.2, 0.25) is 0 Å². The van der Waals surface area contributed by atoms with E-state index in [1.54, 1.807) is 0 Å². The predicted molar refractivity (Wildman–Crippen MR) is 46.4 cm³/mol. The Morgan fingerprint density at radius 1 is 1.31 bits per heavy atom. The molecule has 1 rings (SSSR count). The van der Waals surface area contributed by atoms with Crippen molar-refractivity contribution >= 4 is 10.1 Å². The van der Waals surface area contributed by atoms with Gasteiger partial charge in [-0.25, -0.2) is 4.39 Å². The lowest BCUT2D eigenvalue weighted by Crippen LogP contribution is -2.08. The van der Waals surface area contributed by atoms with Crippen LogP contribution in [0.5, 0.6) is 0 Å². The second kappa shape index (κ2) is 3.43. The van der Waals surface area contributed by atoms with E-state index in [9.17, 15) is 12.8 Å². The van der Waals surface area contributed by atoms with E-state index in [1.807, 2.05) is 0 Å². The maximum Gasteiger partial charge on any atom is 0.271 e. The molecule has 1 atom stereocenters. The Bertz CT molecular complexity index is 382. The molecule has 1 aromatic rings. The molecule has 0 amide bonds. The summed E-state index contributed by atoms with van der Waals surface area (Å²) in [4.78, 5) is 0. The quantitative estimate of drug-likeness (QED) is 0.747. The molecular formula is C8H9FO3S. The number of hydrogen-bond acceptors (Lipinski definition) is 2. The Morgan fingerprint density at radius 2 is 1.77 bits per heavy atom. The molecule has 5 heteroatoms. The molecule has 0 saturated heterocycles. The molecular weight excluding hydrogens is 195 g/mol. The Labute approximate surface area is 76.0 Å². The molecule has 0 aliphatic carbocycles. The Hall–Kier alpha value is -0.940. The molecule has 0 aliphatic rings. The monoisotopic (exact) mass is 204 g/mol. The van der Waals surface area contributed by atoms with Gasteiger partial charge in [-0.3, -0.25) is 4.55 Å². The van der Waals surface area contributed by atoms with Gasteiger partial charge in [0, 0.05) is 0 Å². The van der Waals surface area contributed by atoms with E-state index in [1.165, 1.54) is 19.1 Å². The van der Waals surface area contributed by atoms with E-state index in [2.05, 4.69) is 0 Å². The Kier molecular flexibility index (Phi) is 2.68. The van der Waals surface area contributed by atoms with Crippen molar-refractivity contribution in [1.29, 1.82) is 0 Å². The van der Waals surface area contributed by atoms with Crippen LogP contribution in [-0.2, 0) is 10.1 Å². The maximum atomic E-state index is 12.4. The summed E-state index contributed by atoms with van der Waals surface area (Å²) in [5, 5.41) is -1.02. The van der Waals surface area contributed by atoms with Crippen molar-refractivity contribution in [2.75, 3.05) is 0 Å². The minimum absolute atomic E-state index is 0.365. The lowest BCUT2D eigenvalue weighted by Gasteiger charge is -2.07. The number of halogens is 1. The fourth-order valence-electron chi connectivity index (χ4n) is 0.906. The van der Waals surface area contributed by atoms with E-state index < -0.39 is 21.2 Å². The lowest BCUT2D eigenvalue weighted by molar-refractivity contribution is 0.472. The molecule has 1 unspecified atom stereocenters. The zero-order valence-corrected chi connectivity index (χ0v) is 7.75. The van der Waals surface area contributed by atoms with Crippen molar-refractivity contribution in [3.05, 3.63) is 35.6 Å². The van der Waals surface area contributed by atoms with Crippen LogP contribution in [0.15, 0.2) is 24.3 Å². The first-order chi connectivity index (χ1) is 5.91. The van der Waals surface area contributed by atoms with Gasteiger partial charge in [0.25, 0.3) is 10.1 Å². The molecule has 0 radical (unpaired) electrons. The highest BCUT2D eigenvalue weighted by atomic mass is 32.2. The average molecular weight is 204 g/mol. The maximum absolute atomic E-state index is 12.4. The smallest absolute Gasteiger partial charge is 0.271 e. The third-order valence-corrected chi connectivity index (χ3v) is 2.95. The van der Waals surface area contributed by atoms with Crippen molar-refractivity contribution in [3.63, 3.8) is 0 Å². The van der Waals surface area contributed by atoms with Gasteiger partial charge in [-0.2, -0.15) is 8.42 Å². The fraction of sp³-hybridized carbons (Fsp3) is 0.250. The number of benzene rings is 1. The molecule has 0 bridgehead atoms. The highest BCUT2D eigenvalue weighted by Gasteiger charge is 2.18. The third-order valence-electron chi connectivity index (χ3n) is 1.79. The molecule has 0 heterocycles. The normalized spacial score (nSPS) is 14.1. The van der Waals surface area contributed by atoms with E-state index in [4.69, 9.17) is 4.55 Å². The van der Waals surface area contributed by atoms with Crippen LogP contribution in [0.25, 0.3) is 0 Å². The first-order valence-electron chi connectivity index (χ1n) is 3.63. The van der Waals surface area contributed by atoms with Gasteiger partial charge in [-0.05, 0) is 24.6 Å². The van der Waals surface area contributed by atoms with E-state index in [0.717, 1.165) is 12.1 Å². The molecule has 72 valence electrons. The summed E-state index contributed by atoms with van der Waals surface area (Å²) in [7, 11) is -4.09. The molecule has 0 fully saturated rings. The van der Waals surface area contributed by atoms with Crippen molar-refractivity contribution in [3.8, 4) is 0 Å². The van der Waals surface area contributed by atoms with Crippen LogP contribution in [0.3, 0.4) is 0 Å². The van der Waals surface area contributed by atoms with E-state index in [-0.39, 0.29) is 0 Å². The largest absolute Gasteiger partial charge is 0.285 e. The van der Waals surface area contributed by atoms with Gasteiger partial charge in [0.05, 0.1) is 0 Å². The van der Waals surface area contributed by atoms with Gasteiger partial charge in [0.15, 0.2) is 0 Å². The summed E-state index contributed by atoms with van der Waals surface area (Å²) in [6, 6.07) is 4.95. The van der Waals surface area contributed by atoms with E-state index in [0.29, 0.717) is 5.56 Å². The number of rotatable bonds is 2. The van der Waals surface area contributed by atoms with Crippen LogP contribution in [0.1, 0.15) is 17.7 Å². The van der Waals surface area contributed by atoms with Crippen molar-refractivity contribution in [2.24, 2.45) is 0 Å². The van der Waals surface area contributed by atoms with E-state index >= 15 is 0 Å². The van der Waals surface area contributed by atoms with Crippen LogP contribution in [0.2, 0.25) is 0 Å². The van der Waals surface area contributed by atoms with Gasteiger partial charge in [-0.15, -0.1) is 0 Å². The van der Waals surface area contributed by atoms with Gasteiger partial charge in [0.1, 0.15) is 11.1 Å². The Balaban J connectivity index is 3.04. The molecule has 0 aromatic heterocycles. The van der Waals surface area contributed by atoms with Crippen molar-refractivity contribution < 1.29 is 17.4 Å².